The largest absolute Gasteiger partial charge is 0.380 e. The van der Waals surface area contributed by atoms with Crippen LogP contribution < -0.4 is 5.73 Å². The summed E-state index contributed by atoms with van der Waals surface area (Å²) in [6.07, 6.45) is 0. The maximum Gasteiger partial charge on any atom is 0.0556 e. The summed E-state index contributed by atoms with van der Waals surface area (Å²) in [5, 5.41) is 0. The minimum absolute atomic E-state index is 0.274. The van der Waals surface area contributed by atoms with E-state index in [0.717, 1.165) is 13.2 Å². The third-order valence-corrected chi connectivity index (χ3v) is 1.96. The van der Waals surface area contributed by atoms with Crippen molar-refractivity contribution in [3.63, 3.8) is 0 Å². The Kier molecular flexibility index (Phi) is 1.29. The normalized spacial score (nSPS) is 28.9. The van der Waals surface area contributed by atoms with Gasteiger partial charge in [0.25, 0.3) is 0 Å². The minimum Gasteiger partial charge on any atom is -0.380 e. The van der Waals surface area contributed by atoms with Gasteiger partial charge in [-0.2, -0.15) is 0 Å². The number of nitrogens with two attached hydrogens (primary N) is 1. The van der Waals surface area contributed by atoms with Crippen molar-refractivity contribution in [2.45, 2.75) is 19.9 Å². The summed E-state index contributed by atoms with van der Waals surface area (Å²) in [4.78, 5) is 0. The Labute approximate surface area is 50.0 Å². The quantitative estimate of drug-likeness (QED) is 0.536. The predicted molar refractivity (Wildman–Crippen MR) is 32.6 cm³/mol. The van der Waals surface area contributed by atoms with Crippen LogP contribution in [0.25, 0.3) is 0 Å². The van der Waals surface area contributed by atoms with Gasteiger partial charge in [0, 0.05) is 11.5 Å². The van der Waals surface area contributed by atoms with Crippen LogP contribution in [0.1, 0.15) is 13.8 Å². The lowest BCUT2D eigenvalue weighted by molar-refractivity contribution is -0.111. The van der Waals surface area contributed by atoms with Gasteiger partial charge in [-0.05, 0) is 6.92 Å². The van der Waals surface area contributed by atoms with Crippen LogP contribution >= 0.6 is 0 Å². The van der Waals surface area contributed by atoms with E-state index in [1.165, 1.54) is 0 Å². The maximum absolute atomic E-state index is 5.65. The molecule has 2 nitrogen and oxygen atoms in total. The number of ether oxygens (including phenoxy) is 1. The summed E-state index contributed by atoms with van der Waals surface area (Å²) in [5.74, 6) is 0. The fourth-order valence-corrected chi connectivity index (χ4v) is 0.687. The monoisotopic (exact) mass is 115 g/mol. The van der Waals surface area contributed by atoms with Gasteiger partial charge in [0.2, 0.25) is 0 Å². The summed E-state index contributed by atoms with van der Waals surface area (Å²) in [6, 6.07) is 0.274. The van der Waals surface area contributed by atoms with E-state index in [9.17, 15) is 0 Å². The zero-order valence-electron chi connectivity index (χ0n) is 5.48. The van der Waals surface area contributed by atoms with Crippen LogP contribution in [0, 0.1) is 5.41 Å². The van der Waals surface area contributed by atoms with Crippen molar-refractivity contribution in [1.82, 2.24) is 0 Å². The molecule has 1 saturated heterocycles. The van der Waals surface area contributed by atoms with Crippen LogP contribution in [0.4, 0.5) is 0 Å². The van der Waals surface area contributed by atoms with Gasteiger partial charge in [0.05, 0.1) is 13.2 Å². The Morgan fingerprint density at radius 3 is 2.12 bits per heavy atom. The molecule has 0 aromatic rings. The van der Waals surface area contributed by atoms with Crippen LogP contribution in [-0.4, -0.2) is 19.3 Å². The Morgan fingerprint density at radius 1 is 1.62 bits per heavy atom. The molecule has 1 fully saturated rings. The average molecular weight is 115 g/mol. The molecular weight excluding hydrogens is 102 g/mol. The third-order valence-electron chi connectivity index (χ3n) is 1.96. The van der Waals surface area contributed by atoms with Gasteiger partial charge in [0.15, 0.2) is 0 Å². The summed E-state index contributed by atoms with van der Waals surface area (Å²) >= 11 is 0. The zero-order chi connectivity index (χ0) is 6.20. The molecule has 0 saturated carbocycles. The second-order valence-electron chi connectivity index (χ2n) is 2.94. The van der Waals surface area contributed by atoms with Crippen LogP contribution in [0.2, 0.25) is 0 Å². The lowest BCUT2D eigenvalue weighted by Crippen LogP contribution is -2.51. The third kappa shape index (κ3) is 0.740. The van der Waals surface area contributed by atoms with Crippen LogP contribution in [-0.2, 0) is 4.74 Å². The molecule has 8 heavy (non-hydrogen) atoms. The van der Waals surface area contributed by atoms with E-state index in [4.69, 9.17) is 10.5 Å². The number of hydrogen-bond acceptors (Lipinski definition) is 2. The molecule has 1 heterocycles. The molecule has 0 aromatic carbocycles. The number of hydrogen-bond donors (Lipinski definition) is 1. The predicted octanol–water partition coefficient (Wildman–Crippen LogP) is 0.370. The molecule has 1 atom stereocenters. The molecule has 1 rings (SSSR count). The Bertz CT molecular complexity index is 86.5. The van der Waals surface area contributed by atoms with E-state index in [1.807, 2.05) is 6.92 Å². The van der Waals surface area contributed by atoms with Crippen molar-refractivity contribution in [2.75, 3.05) is 13.2 Å². The van der Waals surface area contributed by atoms with E-state index >= 15 is 0 Å². The molecule has 0 radical (unpaired) electrons. The van der Waals surface area contributed by atoms with Gasteiger partial charge < -0.3 is 10.5 Å². The van der Waals surface area contributed by atoms with Crippen molar-refractivity contribution >= 4 is 0 Å². The van der Waals surface area contributed by atoms with Crippen molar-refractivity contribution in [1.29, 1.82) is 0 Å². The van der Waals surface area contributed by atoms with E-state index < -0.39 is 0 Å². The molecule has 0 aliphatic carbocycles. The summed E-state index contributed by atoms with van der Waals surface area (Å²) in [7, 11) is 0. The fourth-order valence-electron chi connectivity index (χ4n) is 0.687. The van der Waals surface area contributed by atoms with Gasteiger partial charge in [-0.15, -0.1) is 0 Å². The Balaban J connectivity index is 2.41. The van der Waals surface area contributed by atoms with Gasteiger partial charge in [-0.3, -0.25) is 0 Å². The SMILES string of the molecule is CC(N)C1(C)COC1. The molecule has 1 unspecified atom stereocenters. The molecule has 0 amide bonds. The first-order valence-electron chi connectivity index (χ1n) is 2.98. The second kappa shape index (κ2) is 1.71. The first-order valence-corrected chi connectivity index (χ1v) is 2.98. The number of rotatable bonds is 1. The van der Waals surface area contributed by atoms with E-state index in [1.54, 1.807) is 0 Å². The highest BCUT2D eigenvalue weighted by Gasteiger charge is 2.36. The Hall–Kier alpha value is -0.0800. The van der Waals surface area contributed by atoms with E-state index in [0.29, 0.717) is 0 Å². The highest BCUT2D eigenvalue weighted by Crippen LogP contribution is 2.28. The highest BCUT2D eigenvalue weighted by atomic mass is 16.5. The molecular formula is C6H13NO. The Morgan fingerprint density at radius 2 is 2.12 bits per heavy atom. The van der Waals surface area contributed by atoms with Crippen LogP contribution in [0.5, 0.6) is 0 Å². The molecule has 0 bridgehead atoms. The van der Waals surface area contributed by atoms with Crippen LogP contribution in [0.3, 0.4) is 0 Å². The molecule has 2 N–H and O–H groups in total. The maximum atomic E-state index is 5.65. The zero-order valence-corrected chi connectivity index (χ0v) is 5.48. The van der Waals surface area contributed by atoms with Gasteiger partial charge in [-0.1, -0.05) is 6.92 Å². The average Bonchev–Trinajstić information content (AvgIpc) is 1.60. The lowest BCUT2D eigenvalue weighted by atomic mass is 9.82. The van der Waals surface area contributed by atoms with Crippen molar-refractivity contribution in [3.05, 3.63) is 0 Å². The van der Waals surface area contributed by atoms with Crippen molar-refractivity contribution < 1.29 is 4.74 Å². The molecule has 1 aliphatic heterocycles. The van der Waals surface area contributed by atoms with Gasteiger partial charge in [0.1, 0.15) is 0 Å². The summed E-state index contributed by atoms with van der Waals surface area (Å²) in [6.45, 7) is 5.86. The molecule has 0 spiro atoms. The molecule has 2 heteroatoms. The fraction of sp³-hybridized carbons (Fsp3) is 1.00. The van der Waals surface area contributed by atoms with Crippen molar-refractivity contribution in [3.8, 4) is 0 Å². The van der Waals surface area contributed by atoms with Crippen molar-refractivity contribution in [2.24, 2.45) is 11.1 Å². The second-order valence-corrected chi connectivity index (χ2v) is 2.94. The minimum atomic E-state index is 0.274. The summed E-state index contributed by atoms with van der Waals surface area (Å²) < 4.78 is 5.02. The first-order chi connectivity index (χ1) is 3.65. The molecule has 1 aliphatic rings. The first kappa shape index (κ1) is 6.05. The molecule has 48 valence electrons. The molecule has 0 aromatic heterocycles. The topological polar surface area (TPSA) is 35.2 Å². The van der Waals surface area contributed by atoms with Gasteiger partial charge >= 0.3 is 0 Å². The summed E-state index contributed by atoms with van der Waals surface area (Å²) in [5.41, 5.74) is 5.93. The standard InChI is InChI=1S/C6H13NO/c1-5(7)6(2)3-8-4-6/h5H,3-4,7H2,1-2H3. The van der Waals surface area contributed by atoms with Crippen LogP contribution in [0.15, 0.2) is 0 Å². The lowest BCUT2D eigenvalue weighted by Gasteiger charge is -2.41. The highest BCUT2D eigenvalue weighted by molar-refractivity contribution is 4.87. The van der Waals surface area contributed by atoms with E-state index in [-0.39, 0.29) is 11.5 Å². The van der Waals surface area contributed by atoms with E-state index in [2.05, 4.69) is 6.92 Å². The smallest absolute Gasteiger partial charge is 0.0556 e. The van der Waals surface area contributed by atoms with Gasteiger partial charge in [-0.25, -0.2) is 0 Å².